The standard InChI is InChI=1S/C10H9Cl2N2/c1-14(5-4-13-7-14)8-2-3-9(11)10(12)6-8/h2-7H,1H3/q+1. The van der Waals surface area contributed by atoms with Crippen LogP contribution in [-0.2, 0) is 0 Å². The Morgan fingerprint density at radius 1 is 1.21 bits per heavy atom. The molecule has 1 heterocycles. The van der Waals surface area contributed by atoms with Gasteiger partial charge in [-0.15, -0.1) is 0 Å². The van der Waals surface area contributed by atoms with Crippen molar-refractivity contribution in [2.24, 2.45) is 4.99 Å². The molecule has 72 valence electrons. The van der Waals surface area contributed by atoms with Crippen LogP contribution in [0.4, 0.5) is 5.69 Å². The molecule has 0 bridgehead atoms. The number of quaternary nitrogens is 1. The summed E-state index contributed by atoms with van der Waals surface area (Å²) in [7, 11) is 2.02. The lowest BCUT2D eigenvalue weighted by molar-refractivity contribution is 0.685. The van der Waals surface area contributed by atoms with Gasteiger partial charge in [-0.3, -0.25) is 0 Å². The van der Waals surface area contributed by atoms with Gasteiger partial charge < -0.3 is 0 Å². The normalized spacial score (nSPS) is 24.5. The van der Waals surface area contributed by atoms with Crippen LogP contribution in [0.5, 0.6) is 0 Å². The number of halogens is 2. The van der Waals surface area contributed by atoms with Crippen LogP contribution >= 0.6 is 23.2 Å². The number of hydrogen-bond donors (Lipinski definition) is 0. The van der Waals surface area contributed by atoms with Gasteiger partial charge in [-0.25, -0.2) is 9.48 Å². The molecule has 1 unspecified atom stereocenters. The predicted molar refractivity (Wildman–Crippen MR) is 61.8 cm³/mol. The highest BCUT2D eigenvalue weighted by atomic mass is 35.5. The third kappa shape index (κ3) is 1.57. The lowest BCUT2D eigenvalue weighted by atomic mass is 10.3. The Hall–Kier alpha value is -0.830. The van der Waals surface area contributed by atoms with Gasteiger partial charge in [0.15, 0.2) is 6.34 Å². The zero-order chi connectivity index (χ0) is 10.2. The number of nitrogens with zero attached hydrogens (tertiary/aromatic N) is 2. The molecule has 0 aliphatic carbocycles. The van der Waals surface area contributed by atoms with Crippen molar-refractivity contribution in [1.29, 1.82) is 0 Å². The molecule has 1 aromatic rings. The fourth-order valence-corrected chi connectivity index (χ4v) is 1.62. The van der Waals surface area contributed by atoms with Gasteiger partial charge >= 0.3 is 0 Å². The second kappa shape index (κ2) is 3.39. The zero-order valence-corrected chi connectivity index (χ0v) is 9.13. The van der Waals surface area contributed by atoms with Crippen molar-refractivity contribution >= 4 is 35.2 Å². The molecule has 0 amide bonds. The van der Waals surface area contributed by atoms with E-state index in [1.54, 1.807) is 12.3 Å². The maximum absolute atomic E-state index is 5.94. The largest absolute Gasteiger partial charge is 0.224 e. The monoisotopic (exact) mass is 227 g/mol. The van der Waals surface area contributed by atoms with E-state index in [-0.39, 0.29) is 0 Å². The van der Waals surface area contributed by atoms with E-state index in [2.05, 4.69) is 4.99 Å². The first-order valence-electron chi connectivity index (χ1n) is 4.15. The van der Waals surface area contributed by atoms with Gasteiger partial charge in [0.25, 0.3) is 0 Å². The van der Waals surface area contributed by atoms with Crippen LogP contribution in [0.25, 0.3) is 0 Å². The summed E-state index contributed by atoms with van der Waals surface area (Å²) in [4.78, 5) is 4.06. The molecule has 4 heteroatoms. The van der Waals surface area contributed by atoms with Crippen LogP contribution in [-0.4, -0.2) is 13.4 Å². The van der Waals surface area contributed by atoms with Gasteiger partial charge in [0.1, 0.15) is 11.9 Å². The molecular formula is C10H9Cl2N2+. The number of rotatable bonds is 1. The molecule has 14 heavy (non-hydrogen) atoms. The molecule has 0 aromatic heterocycles. The number of benzene rings is 1. The molecule has 1 aliphatic heterocycles. The topological polar surface area (TPSA) is 12.4 Å². The lowest BCUT2D eigenvalue weighted by Gasteiger charge is -2.21. The molecule has 2 rings (SSSR count). The number of aliphatic imine (C=N–C) groups is 1. The summed E-state index contributed by atoms with van der Waals surface area (Å²) in [5.41, 5.74) is 1.04. The minimum Gasteiger partial charge on any atom is -0.224 e. The molecule has 0 spiro atoms. The predicted octanol–water partition coefficient (Wildman–Crippen LogP) is 3.44. The van der Waals surface area contributed by atoms with Gasteiger partial charge in [-0.1, -0.05) is 23.2 Å². The van der Waals surface area contributed by atoms with E-state index in [4.69, 9.17) is 23.2 Å². The highest BCUT2D eigenvalue weighted by Crippen LogP contribution is 2.30. The zero-order valence-electron chi connectivity index (χ0n) is 7.61. The van der Waals surface area contributed by atoms with Crippen LogP contribution in [0.3, 0.4) is 0 Å². The summed E-state index contributed by atoms with van der Waals surface area (Å²) in [5.74, 6) is 0. The molecular weight excluding hydrogens is 219 g/mol. The Kier molecular flexibility index (Phi) is 2.35. The minimum atomic E-state index is 0.525. The highest BCUT2D eigenvalue weighted by molar-refractivity contribution is 6.42. The Balaban J connectivity index is 2.47. The fourth-order valence-electron chi connectivity index (χ4n) is 1.33. The van der Waals surface area contributed by atoms with E-state index in [0.29, 0.717) is 14.5 Å². The van der Waals surface area contributed by atoms with Crippen molar-refractivity contribution in [3.8, 4) is 0 Å². The maximum Gasteiger partial charge on any atom is 0.199 e. The van der Waals surface area contributed by atoms with Crippen molar-refractivity contribution in [3.63, 3.8) is 0 Å². The molecule has 1 atom stereocenters. The second-order valence-electron chi connectivity index (χ2n) is 3.31. The maximum atomic E-state index is 5.94. The van der Waals surface area contributed by atoms with Crippen molar-refractivity contribution < 1.29 is 0 Å². The molecule has 0 N–H and O–H groups in total. The van der Waals surface area contributed by atoms with E-state index in [1.165, 1.54) is 0 Å². The molecule has 1 aromatic carbocycles. The summed E-state index contributed by atoms with van der Waals surface area (Å²) >= 11 is 11.8. The average molecular weight is 228 g/mol. The first-order valence-corrected chi connectivity index (χ1v) is 4.91. The van der Waals surface area contributed by atoms with Crippen molar-refractivity contribution in [2.45, 2.75) is 0 Å². The lowest BCUT2D eigenvalue weighted by Crippen LogP contribution is -2.35. The molecule has 0 saturated heterocycles. The quantitative estimate of drug-likeness (QED) is 0.653. The van der Waals surface area contributed by atoms with Crippen LogP contribution in [0, 0.1) is 0 Å². The third-order valence-corrected chi connectivity index (χ3v) is 2.97. The Labute approximate surface area is 92.7 Å². The van der Waals surface area contributed by atoms with E-state index in [9.17, 15) is 0 Å². The SMILES string of the molecule is C[N+]1(c2ccc(Cl)c(Cl)c2)C=CN=C1. The Bertz CT molecular complexity index is 412. The molecule has 0 fully saturated rings. The summed E-state index contributed by atoms with van der Waals surface area (Å²) in [6.07, 6.45) is 5.57. The van der Waals surface area contributed by atoms with E-state index >= 15 is 0 Å². The molecule has 0 saturated carbocycles. The van der Waals surface area contributed by atoms with Crippen molar-refractivity contribution in [2.75, 3.05) is 7.05 Å². The summed E-state index contributed by atoms with van der Waals surface area (Å²) in [5, 5.41) is 1.14. The third-order valence-electron chi connectivity index (χ3n) is 2.23. The van der Waals surface area contributed by atoms with Crippen LogP contribution in [0.1, 0.15) is 0 Å². The summed E-state index contributed by atoms with van der Waals surface area (Å²) < 4.78 is 0.525. The first-order chi connectivity index (χ1) is 6.62. The van der Waals surface area contributed by atoms with Crippen LogP contribution in [0.15, 0.2) is 35.6 Å². The van der Waals surface area contributed by atoms with Gasteiger partial charge in [0.2, 0.25) is 0 Å². The van der Waals surface area contributed by atoms with Crippen LogP contribution in [0.2, 0.25) is 10.0 Å². The van der Waals surface area contributed by atoms with E-state index < -0.39 is 0 Å². The highest BCUT2D eigenvalue weighted by Gasteiger charge is 2.23. The van der Waals surface area contributed by atoms with Gasteiger partial charge in [0, 0.05) is 12.1 Å². The Morgan fingerprint density at radius 3 is 2.57 bits per heavy atom. The first kappa shape index (κ1) is 9.71. The second-order valence-corrected chi connectivity index (χ2v) is 4.12. The molecule has 2 nitrogen and oxygen atoms in total. The van der Waals surface area contributed by atoms with E-state index in [0.717, 1.165) is 5.69 Å². The van der Waals surface area contributed by atoms with Crippen molar-refractivity contribution in [1.82, 2.24) is 4.48 Å². The van der Waals surface area contributed by atoms with Crippen LogP contribution < -0.4 is 4.48 Å². The average Bonchev–Trinajstić information content (AvgIpc) is 2.58. The molecule has 1 aliphatic rings. The van der Waals surface area contributed by atoms with Gasteiger partial charge in [-0.2, -0.15) is 0 Å². The smallest absolute Gasteiger partial charge is 0.199 e. The number of hydrogen-bond acceptors (Lipinski definition) is 1. The van der Waals surface area contributed by atoms with E-state index in [1.807, 2.05) is 31.7 Å². The molecule has 0 radical (unpaired) electrons. The van der Waals surface area contributed by atoms with Gasteiger partial charge in [0.05, 0.1) is 23.3 Å². The Morgan fingerprint density at radius 2 is 2.00 bits per heavy atom. The fraction of sp³-hybridized carbons (Fsp3) is 0.100. The minimum absolute atomic E-state index is 0.525. The van der Waals surface area contributed by atoms with Gasteiger partial charge in [-0.05, 0) is 6.07 Å². The summed E-state index contributed by atoms with van der Waals surface area (Å²) in [6.45, 7) is 0. The summed E-state index contributed by atoms with van der Waals surface area (Å²) in [6, 6.07) is 5.59. The van der Waals surface area contributed by atoms with Crippen molar-refractivity contribution in [3.05, 3.63) is 40.6 Å².